The first-order chi connectivity index (χ1) is 9.03. The number of halogens is 2. The summed E-state index contributed by atoms with van der Waals surface area (Å²) in [6.07, 6.45) is 0.520. The molecule has 1 heterocycles. The summed E-state index contributed by atoms with van der Waals surface area (Å²) < 4.78 is 5.80. The lowest BCUT2D eigenvalue weighted by Crippen LogP contribution is -2.46. The van der Waals surface area contributed by atoms with Gasteiger partial charge in [0.1, 0.15) is 10.8 Å². The molecule has 0 radical (unpaired) electrons. The minimum atomic E-state index is -0.594. The van der Waals surface area contributed by atoms with E-state index in [-0.39, 0.29) is 17.0 Å². The molecule has 1 rings (SSSR count). The molecule has 1 amide bonds. The van der Waals surface area contributed by atoms with Crippen molar-refractivity contribution in [2.75, 3.05) is 0 Å². The summed E-state index contributed by atoms with van der Waals surface area (Å²) in [6.45, 7) is 9.52. The summed E-state index contributed by atoms with van der Waals surface area (Å²) >= 11 is 8.09. The molecule has 0 aromatic carbocycles. The fourth-order valence-electron chi connectivity index (χ4n) is 2.05. The van der Waals surface area contributed by atoms with E-state index in [0.29, 0.717) is 22.3 Å². The Bertz CT molecular complexity index is 440. The fraction of sp³-hybridized carbons (Fsp3) is 0.714. The third-order valence-electron chi connectivity index (χ3n) is 2.76. The lowest BCUT2D eigenvalue weighted by atomic mass is 9.96. The SMILES string of the molecule is CC(C)CC1CC(=O)C(I)=C(Cl)N1C(=O)OC(C)(C)C. The molecular formula is C14H21ClINO3. The zero-order valence-corrected chi connectivity index (χ0v) is 15.4. The number of amides is 1. The van der Waals surface area contributed by atoms with Gasteiger partial charge in [-0.15, -0.1) is 0 Å². The number of ketones is 1. The standard InChI is InChI=1S/C14H21ClINO3/c1-8(2)6-9-7-10(18)11(16)12(15)17(9)13(19)20-14(3,4)5/h8-9H,6-7H2,1-5H3. The zero-order valence-electron chi connectivity index (χ0n) is 12.5. The van der Waals surface area contributed by atoms with Gasteiger partial charge in [0, 0.05) is 12.5 Å². The van der Waals surface area contributed by atoms with Gasteiger partial charge in [0.15, 0.2) is 5.78 Å². The van der Waals surface area contributed by atoms with Crippen LogP contribution in [0.15, 0.2) is 8.74 Å². The molecule has 20 heavy (non-hydrogen) atoms. The van der Waals surface area contributed by atoms with E-state index in [0.717, 1.165) is 0 Å². The van der Waals surface area contributed by atoms with Crippen molar-refractivity contribution in [3.8, 4) is 0 Å². The van der Waals surface area contributed by atoms with Crippen LogP contribution in [0.2, 0.25) is 0 Å². The van der Waals surface area contributed by atoms with Crippen LogP contribution in [0.25, 0.3) is 0 Å². The van der Waals surface area contributed by atoms with Gasteiger partial charge in [-0.05, 0) is 55.7 Å². The van der Waals surface area contributed by atoms with Crippen LogP contribution in [0.3, 0.4) is 0 Å². The summed E-state index contributed by atoms with van der Waals surface area (Å²) in [6, 6.07) is -0.233. The quantitative estimate of drug-likeness (QED) is 0.496. The first-order valence-electron chi connectivity index (χ1n) is 6.63. The molecule has 6 heteroatoms. The predicted octanol–water partition coefficient (Wildman–Crippen LogP) is 4.45. The highest BCUT2D eigenvalue weighted by molar-refractivity contribution is 14.1. The second-order valence-electron chi connectivity index (χ2n) is 6.37. The minimum absolute atomic E-state index is 0.0129. The Morgan fingerprint density at radius 3 is 2.50 bits per heavy atom. The zero-order chi connectivity index (χ0) is 15.7. The maximum absolute atomic E-state index is 12.3. The van der Waals surface area contributed by atoms with Crippen LogP contribution in [0.4, 0.5) is 4.79 Å². The van der Waals surface area contributed by atoms with Crippen LogP contribution in [-0.2, 0) is 9.53 Å². The number of hydrogen-bond acceptors (Lipinski definition) is 3. The number of ether oxygens (including phenoxy) is 1. The summed E-state index contributed by atoms with van der Waals surface area (Å²) in [5.41, 5.74) is -0.594. The summed E-state index contributed by atoms with van der Waals surface area (Å²) in [4.78, 5) is 25.7. The average Bonchev–Trinajstić information content (AvgIpc) is 2.22. The van der Waals surface area contributed by atoms with Crippen LogP contribution in [-0.4, -0.2) is 28.4 Å². The first-order valence-corrected chi connectivity index (χ1v) is 8.09. The number of rotatable bonds is 2. The highest BCUT2D eigenvalue weighted by Crippen LogP contribution is 2.34. The molecule has 1 aliphatic rings. The second-order valence-corrected chi connectivity index (χ2v) is 7.80. The van der Waals surface area contributed by atoms with Crippen LogP contribution >= 0.6 is 34.2 Å². The van der Waals surface area contributed by atoms with Crippen molar-refractivity contribution in [3.05, 3.63) is 8.74 Å². The van der Waals surface area contributed by atoms with Gasteiger partial charge in [0.05, 0.1) is 3.58 Å². The molecule has 1 unspecified atom stereocenters. The van der Waals surface area contributed by atoms with Gasteiger partial charge in [0.2, 0.25) is 0 Å². The lowest BCUT2D eigenvalue weighted by Gasteiger charge is -2.36. The minimum Gasteiger partial charge on any atom is -0.443 e. The van der Waals surface area contributed by atoms with Gasteiger partial charge in [0.25, 0.3) is 0 Å². The third kappa shape index (κ3) is 4.62. The third-order valence-corrected chi connectivity index (χ3v) is 4.56. The Kier molecular flexibility index (Phi) is 5.89. The van der Waals surface area contributed by atoms with E-state index in [9.17, 15) is 9.59 Å². The highest BCUT2D eigenvalue weighted by atomic mass is 127. The van der Waals surface area contributed by atoms with E-state index in [2.05, 4.69) is 13.8 Å². The molecule has 1 aliphatic heterocycles. The van der Waals surface area contributed by atoms with Crippen LogP contribution in [0, 0.1) is 5.92 Å². The van der Waals surface area contributed by atoms with Gasteiger partial charge < -0.3 is 4.74 Å². The van der Waals surface area contributed by atoms with E-state index < -0.39 is 11.7 Å². The van der Waals surface area contributed by atoms with E-state index >= 15 is 0 Å². The maximum atomic E-state index is 12.3. The monoisotopic (exact) mass is 413 g/mol. The number of carbonyl (C=O) groups excluding carboxylic acids is 2. The van der Waals surface area contributed by atoms with E-state index in [1.165, 1.54) is 4.90 Å². The topological polar surface area (TPSA) is 46.6 Å². The molecule has 0 saturated heterocycles. The van der Waals surface area contributed by atoms with Gasteiger partial charge in [-0.25, -0.2) is 4.79 Å². The molecule has 0 spiro atoms. The van der Waals surface area contributed by atoms with Crippen molar-refractivity contribution in [1.82, 2.24) is 4.90 Å². The van der Waals surface area contributed by atoms with Crippen LogP contribution in [0.1, 0.15) is 47.5 Å². The molecular weight excluding hydrogens is 393 g/mol. The summed E-state index contributed by atoms with van der Waals surface area (Å²) in [5, 5.41) is 0.182. The number of carbonyl (C=O) groups is 2. The van der Waals surface area contributed by atoms with Crippen LogP contribution < -0.4 is 0 Å². The van der Waals surface area contributed by atoms with Gasteiger partial charge >= 0.3 is 6.09 Å². The van der Waals surface area contributed by atoms with Crippen molar-refractivity contribution in [3.63, 3.8) is 0 Å². The van der Waals surface area contributed by atoms with Crippen molar-refractivity contribution in [2.24, 2.45) is 5.92 Å². The molecule has 0 aliphatic carbocycles. The molecule has 0 bridgehead atoms. The highest BCUT2D eigenvalue weighted by Gasteiger charge is 2.38. The Morgan fingerprint density at radius 2 is 2.05 bits per heavy atom. The molecule has 114 valence electrons. The fourth-order valence-corrected chi connectivity index (χ4v) is 2.84. The van der Waals surface area contributed by atoms with Crippen molar-refractivity contribution in [2.45, 2.75) is 59.1 Å². The molecule has 1 atom stereocenters. The Labute approximate surface area is 139 Å². The molecule has 0 fully saturated rings. The predicted molar refractivity (Wildman–Crippen MR) is 87.8 cm³/mol. The Hall–Kier alpha value is -0.300. The van der Waals surface area contributed by atoms with Gasteiger partial charge in [-0.2, -0.15) is 0 Å². The number of allylic oxidation sites excluding steroid dienone is 1. The summed E-state index contributed by atoms with van der Waals surface area (Å²) in [7, 11) is 0. The van der Waals surface area contributed by atoms with E-state index in [4.69, 9.17) is 16.3 Å². The Balaban J connectivity index is 3.07. The molecule has 0 N–H and O–H groups in total. The van der Waals surface area contributed by atoms with Gasteiger partial charge in [-0.1, -0.05) is 25.4 Å². The van der Waals surface area contributed by atoms with Crippen molar-refractivity contribution in [1.29, 1.82) is 0 Å². The average molecular weight is 414 g/mol. The van der Waals surface area contributed by atoms with E-state index in [1.54, 1.807) is 20.8 Å². The normalized spacial score (nSPS) is 20.7. The second kappa shape index (κ2) is 6.64. The largest absolute Gasteiger partial charge is 0.443 e. The lowest BCUT2D eigenvalue weighted by molar-refractivity contribution is -0.116. The molecule has 0 saturated carbocycles. The number of Topliss-reactive ketones (excluding diaryl/α,β-unsaturated/α-hetero) is 1. The van der Waals surface area contributed by atoms with E-state index in [1.807, 2.05) is 22.6 Å². The smallest absolute Gasteiger partial charge is 0.415 e. The van der Waals surface area contributed by atoms with Crippen molar-refractivity contribution < 1.29 is 14.3 Å². The maximum Gasteiger partial charge on any atom is 0.415 e. The number of nitrogens with zero attached hydrogens (tertiary/aromatic N) is 1. The molecule has 4 nitrogen and oxygen atoms in total. The van der Waals surface area contributed by atoms with Crippen LogP contribution in [0.5, 0.6) is 0 Å². The molecule has 0 aromatic heterocycles. The molecule has 0 aromatic rings. The number of hydrogen-bond donors (Lipinski definition) is 0. The Morgan fingerprint density at radius 1 is 1.50 bits per heavy atom. The summed E-state index contributed by atoms with van der Waals surface area (Å²) in [5.74, 6) is 0.346. The first kappa shape index (κ1) is 17.8. The van der Waals surface area contributed by atoms with Crippen molar-refractivity contribution >= 4 is 46.1 Å². The van der Waals surface area contributed by atoms with Gasteiger partial charge in [-0.3, -0.25) is 9.69 Å².